The second-order valence-electron chi connectivity index (χ2n) is 5.02. The summed E-state index contributed by atoms with van der Waals surface area (Å²) < 4.78 is 6.67. The van der Waals surface area contributed by atoms with Crippen LogP contribution in [0.5, 0.6) is 5.75 Å². The molecule has 1 heterocycles. The highest BCUT2D eigenvalue weighted by molar-refractivity contribution is 7.14. The summed E-state index contributed by atoms with van der Waals surface area (Å²) >= 11 is 7.69. The molecule has 0 radical (unpaired) electrons. The lowest BCUT2D eigenvalue weighted by molar-refractivity contribution is 0.233. The standard InChI is InChI=1S/C16H21ClN2OS/c1-12-13(11-21-16(12)17)10-19(3)7-8-20-15-6-4-5-14(9-15)18-2/h4-6,9,11,18H,7-8,10H2,1-3H3. The topological polar surface area (TPSA) is 24.5 Å². The zero-order valence-electron chi connectivity index (χ0n) is 12.6. The predicted molar refractivity (Wildman–Crippen MR) is 91.9 cm³/mol. The Morgan fingerprint density at radius 1 is 1.38 bits per heavy atom. The van der Waals surface area contributed by atoms with Gasteiger partial charge in [-0.25, -0.2) is 0 Å². The van der Waals surface area contributed by atoms with Crippen molar-refractivity contribution in [1.82, 2.24) is 4.90 Å². The number of thiophene rings is 1. The van der Waals surface area contributed by atoms with Crippen LogP contribution in [-0.2, 0) is 6.54 Å². The summed E-state index contributed by atoms with van der Waals surface area (Å²) in [6.07, 6.45) is 0. The van der Waals surface area contributed by atoms with Crippen LogP contribution in [0.2, 0.25) is 4.34 Å². The van der Waals surface area contributed by atoms with Crippen LogP contribution in [0.1, 0.15) is 11.1 Å². The molecule has 2 aromatic rings. The summed E-state index contributed by atoms with van der Waals surface area (Å²) in [7, 11) is 4.00. The van der Waals surface area contributed by atoms with E-state index in [2.05, 4.69) is 29.6 Å². The number of nitrogens with one attached hydrogen (secondary N) is 1. The van der Waals surface area contributed by atoms with E-state index in [4.69, 9.17) is 16.3 Å². The fourth-order valence-electron chi connectivity index (χ4n) is 2.01. The zero-order chi connectivity index (χ0) is 15.2. The van der Waals surface area contributed by atoms with E-state index in [0.717, 1.165) is 28.9 Å². The maximum Gasteiger partial charge on any atom is 0.121 e. The molecule has 0 atom stereocenters. The van der Waals surface area contributed by atoms with Crippen LogP contribution < -0.4 is 10.1 Å². The lowest BCUT2D eigenvalue weighted by Gasteiger charge is -2.17. The molecule has 3 nitrogen and oxygen atoms in total. The fraction of sp³-hybridized carbons (Fsp3) is 0.375. The van der Waals surface area contributed by atoms with Crippen molar-refractivity contribution >= 4 is 28.6 Å². The van der Waals surface area contributed by atoms with Gasteiger partial charge in [-0.3, -0.25) is 4.90 Å². The Bertz CT molecular complexity index is 585. The fourth-order valence-corrected chi connectivity index (χ4v) is 3.07. The van der Waals surface area contributed by atoms with E-state index < -0.39 is 0 Å². The molecule has 1 aromatic carbocycles. The molecule has 21 heavy (non-hydrogen) atoms. The molecule has 0 unspecified atom stereocenters. The first-order valence-electron chi connectivity index (χ1n) is 6.91. The second kappa shape index (κ2) is 7.69. The van der Waals surface area contributed by atoms with Crippen LogP contribution in [0.3, 0.4) is 0 Å². The summed E-state index contributed by atoms with van der Waals surface area (Å²) in [5, 5.41) is 5.24. The van der Waals surface area contributed by atoms with Crippen molar-refractivity contribution in [3.63, 3.8) is 0 Å². The van der Waals surface area contributed by atoms with Gasteiger partial charge in [-0.05, 0) is 42.6 Å². The Morgan fingerprint density at radius 2 is 2.19 bits per heavy atom. The largest absolute Gasteiger partial charge is 0.492 e. The number of nitrogens with zero attached hydrogens (tertiary/aromatic N) is 1. The van der Waals surface area contributed by atoms with Crippen molar-refractivity contribution < 1.29 is 4.74 Å². The van der Waals surface area contributed by atoms with Gasteiger partial charge in [0, 0.05) is 31.9 Å². The van der Waals surface area contributed by atoms with E-state index in [0.29, 0.717) is 6.61 Å². The maximum atomic E-state index is 6.10. The van der Waals surface area contributed by atoms with E-state index in [9.17, 15) is 0 Å². The minimum absolute atomic E-state index is 0.667. The number of hydrogen-bond donors (Lipinski definition) is 1. The van der Waals surface area contributed by atoms with Crippen LogP contribution in [0.15, 0.2) is 29.6 Å². The number of likely N-dealkylation sites (N-methyl/N-ethyl adjacent to an activating group) is 1. The Balaban J connectivity index is 1.78. The third-order valence-electron chi connectivity index (χ3n) is 3.39. The molecule has 2 rings (SSSR count). The Morgan fingerprint density at radius 3 is 2.86 bits per heavy atom. The summed E-state index contributed by atoms with van der Waals surface area (Å²) in [4.78, 5) is 2.24. The Kier molecular flexibility index (Phi) is 5.91. The number of halogens is 1. The highest BCUT2D eigenvalue weighted by atomic mass is 35.5. The average Bonchev–Trinajstić information content (AvgIpc) is 2.79. The van der Waals surface area contributed by atoms with Crippen LogP contribution >= 0.6 is 22.9 Å². The van der Waals surface area contributed by atoms with Gasteiger partial charge in [0.05, 0.1) is 4.34 Å². The molecular formula is C16H21ClN2OS. The summed E-state index contributed by atoms with van der Waals surface area (Å²) in [6.45, 7) is 4.51. The number of ether oxygens (including phenoxy) is 1. The normalized spacial score (nSPS) is 10.9. The molecule has 1 N–H and O–H groups in total. The molecular weight excluding hydrogens is 304 g/mol. The van der Waals surface area contributed by atoms with E-state index in [1.165, 1.54) is 11.1 Å². The molecule has 0 saturated carbocycles. The van der Waals surface area contributed by atoms with Crippen LogP contribution in [0.4, 0.5) is 5.69 Å². The Hall–Kier alpha value is -1.23. The molecule has 0 saturated heterocycles. The monoisotopic (exact) mass is 324 g/mol. The van der Waals surface area contributed by atoms with E-state index in [1.807, 2.05) is 31.3 Å². The van der Waals surface area contributed by atoms with Gasteiger partial charge in [0.15, 0.2) is 0 Å². The van der Waals surface area contributed by atoms with Gasteiger partial charge in [0.1, 0.15) is 12.4 Å². The van der Waals surface area contributed by atoms with Crippen molar-refractivity contribution in [3.8, 4) is 5.75 Å². The lowest BCUT2D eigenvalue weighted by atomic mass is 10.2. The lowest BCUT2D eigenvalue weighted by Crippen LogP contribution is -2.24. The average molecular weight is 325 g/mol. The third-order valence-corrected chi connectivity index (χ3v) is 4.85. The van der Waals surface area contributed by atoms with Crippen LogP contribution in [0.25, 0.3) is 0 Å². The number of hydrogen-bond acceptors (Lipinski definition) is 4. The van der Waals surface area contributed by atoms with Gasteiger partial charge in [-0.15, -0.1) is 11.3 Å². The first-order valence-corrected chi connectivity index (χ1v) is 8.17. The number of rotatable bonds is 7. The molecule has 0 fully saturated rings. The molecule has 0 bridgehead atoms. The molecule has 0 spiro atoms. The first-order chi connectivity index (χ1) is 10.1. The summed E-state index contributed by atoms with van der Waals surface area (Å²) in [5.41, 5.74) is 3.55. The minimum Gasteiger partial charge on any atom is -0.492 e. The van der Waals surface area contributed by atoms with Crippen LogP contribution in [-0.4, -0.2) is 32.1 Å². The molecule has 5 heteroatoms. The smallest absolute Gasteiger partial charge is 0.121 e. The number of benzene rings is 1. The van der Waals surface area contributed by atoms with Crippen molar-refractivity contribution in [2.45, 2.75) is 13.5 Å². The van der Waals surface area contributed by atoms with Gasteiger partial charge in [-0.2, -0.15) is 0 Å². The summed E-state index contributed by atoms with van der Waals surface area (Å²) in [5.74, 6) is 0.894. The summed E-state index contributed by atoms with van der Waals surface area (Å²) in [6, 6.07) is 7.98. The van der Waals surface area contributed by atoms with Gasteiger partial charge < -0.3 is 10.1 Å². The molecule has 0 aliphatic heterocycles. The van der Waals surface area contributed by atoms with Crippen molar-refractivity contribution in [3.05, 3.63) is 45.1 Å². The number of anilines is 1. The highest BCUT2D eigenvalue weighted by Gasteiger charge is 2.08. The van der Waals surface area contributed by atoms with Crippen LogP contribution in [0, 0.1) is 6.92 Å². The predicted octanol–water partition coefficient (Wildman–Crippen LogP) is 4.26. The minimum atomic E-state index is 0.667. The molecule has 0 amide bonds. The van der Waals surface area contributed by atoms with Gasteiger partial charge in [-0.1, -0.05) is 17.7 Å². The third kappa shape index (κ3) is 4.63. The van der Waals surface area contributed by atoms with Gasteiger partial charge in [0.2, 0.25) is 0 Å². The van der Waals surface area contributed by atoms with Gasteiger partial charge >= 0.3 is 0 Å². The molecule has 114 valence electrons. The quantitative estimate of drug-likeness (QED) is 0.823. The zero-order valence-corrected chi connectivity index (χ0v) is 14.2. The maximum absolute atomic E-state index is 6.10. The molecule has 1 aromatic heterocycles. The van der Waals surface area contributed by atoms with Crippen molar-refractivity contribution in [2.24, 2.45) is 0 Å². The SMILES string of the molecule is CNc1cccc(OCCN(C)Cc2csc(Cl)c2C)c1. The highest BCUT2D eigenvalue weighted by Crippen LogP contribution is 2.27. The molecule has 0 aliphatic carbocycles. The van der Waals surface area contributed by atoms with E-state index in [1.54, 1.807) is 11.3 Å². The Labute approximate surface area is 135 Å². The molecule has 0 aliphatic rings. The first kappa shape index (κ1) is 16.1. The van der Waals surface area contributed by atoms with E-state index >= 15 is 0 Å². The van der Waals surface area contributed by atoms with Crippen molar-refractivity contribution in [1.29, 1.82) is 0 Å². The van der Waals surface area contributed by atoms with Gasteiger partial charge in [0.25, 0.3) is 0 Å². The van der Waals surface area contributed by atoms with Crippen molar-refractivity contribution in [2.75, 3.05) is 32.6 Å². The van der Waals surface area contributed by atoms with E-state index in [-0.39, 0.29) is 0 Å². The second-order valence-corrected chi connectivity index (χ2v) is 6.51.